The normalized spacial score (nSPS) is 15.9. The zero-order valence-corrected chi connectivity index (χ0v) is 30.8. The number of nitrogens with zero attached hydrogens (tertiary/aromatic N) is 2. The number of allylic oxidation sites excluding steroid dienone is 2. The second-order valence-corrected chi connectivity index (χ2v) is 14.8. The largest absolute Gasteiger partial charge is 0.333 e. The van der Waals surface area contributed by atoms with Gasteiger partial charge in [0.25, 0.3) is 0 Å². The Bertz CT molecular complexity index is 2960. The molecule has 0 radical (unpaired) electrons. The Kier molecular flexibility index (Phi) is 7.67. The minimum absolute atomic E-state index is 0.122. The van der Waals surface area contributed by atoms with Crippen LogP contribution in [0.3, 0.4) is 0 Å². The predicted molar refractivity (Wildman–Crippen MR) is 236 cm³/mol. The lowest BCUT2D eigenvalue weighted by Crippen LogP contribution is -2.29. The van der Waals surface area contributed by atoms with E-state index in [0.29, 0.717) is 0 Å². The van der Waals surface area contributed by atoms with Crippen molar-refractivity contribution in [3.05, 3.63) is 230 Å². The van der Waals surface area contributed by atoms with E-state index in [4.69, 9.17) is 0 Å². The van der Waals surface area contributed by atoms with E-state index in [9.17, 15) is 0 Å². The number of rotatable bonds is 6. The molecule has 9 aromatic rings. The van der Waals surface area contributed by atoms with Crippen molar-refractivity contribution < 1.29 is 0 Å². The molecule has 1 aliphatic heterocycles. The highest BCUT2D eigenvalue weighted by Crippen LogP contribution is 2.54. The fourth-order valence-electron chi connectivity index (χ4n) is 9.31. The molecule has 56 heavy (non-hydrogen) atoms. The maximum atomic E-state index is 2.58. The van der Waals surface area contributed by atoms with Crippen molar-refractivity contribution in [1.82, 2.24) is 4.57 Å². The van der Waals surface area contributed by atoms with Crippen molar-refractivity contribution in [1.29, 1.82) is 0 Å². The van der Waals surface area contributed by atoms with Gasteiger partial charge in [-0.1, -0.05) is 176 Å². The van der Waals surface area contributed by atoms with Crippen LogP contribution >= 0.6 is 0 Å². The number of hydrogen-bond donors (Lipinski definition) is 0. The van der Waals surface area contributed by atoms with Gasteiger partial charge < -0.3 is 9.47 Å². The van der Waals surface area contributed by atoms with E-state index in [1.165, 1.54) is 83.3 Å². The fraction of sp³-hybridized carbons (Fsp3) is 0.0370. The van der Waals surface area contributed by atoms with E-state index >= 15 is 0 Å². The summed E-state index contributed by atoms with van der Waals surface area (Å²) in [6, 6.07) is 72.9. The molecule has 2 heteroatoms. The van der Waals surface area contributed by atoms with E-state index in [-0.39, 0.29) is 12.0 Å². The van der Waals surface area contributed by atoms with Crippen LogP contribution in [0.4, 0.5) is 11.4 Å². The van der Waals surface area contributed by atoms with Gasteiger partial charge in [-0.15, -0.1) is 0 Å². The van der Waals surface area contributed by atoms with Gasteiger partial charge in [0.2, 0.25) is 0 Å². The van der Waals surface area contributed by atoms with Gasteiger partial charge in [-0.25, -0.2) is 0 Å². The lowest BCUT2D eigenvalue weighted by Gasteiger charge is -2.31. The molecule has 8 aromatic carbocycles. The van der Waals surface area contributed by atoms with Crippen LogP contribution in [0, 0.1) is 0 Å². The van der Waals surface area contributed by atoms with Gasteiger partial charge in [-0.05, 0) is 87.0 Å². The number of para-hydroxylation sites is 2. The minimum Gasteiger partial charge on any atom is -0.333 e. The van der Waals surface area contributed by atoms with Crippen LogP contribution in [0.1, 0.15) is 17.0 Å². The molecule has 1 aromatic heterocycles. The molecule has 2 aliphatic rings. The first-order chi connectivity index (χ1) is 27.8. The third-order valence-corrected chi connectivity index (χ3v) is 11.7. The highest BCUT2D eigenvalue weighted by molar-refractivity contribution is 6.16. The molecule has 0 saturated carbocycles. The van der Waals surface area contributed by atoms with Crippen molar-refractivity contribution in [3.63, 3.8) is 0 Å². The Hall–Kier alpha value is -7.16. The van der Waals surface area contributed by atoms with E-state index < -0.39 is 0 Å². The topological polar surface area (TPSA) is 8.17 Å². The molecular formula is C54H38N2. The van der Waals surface area contributed by atoms with Crippen LogP contribution < -0.4 is 4.90 Å². The van der Waals surface area contributed by atoms with Crippen LogP contribution in [0.2, 0.25) is 0 Å². The maximum Gasteiger partial charge on any atom is 0.0630 e. The van der Waals surface area contributed by atoms with Crippen LogP contribution in [0.15, 0.2) is 218 Å². The number of anilines is 2. The summed E-state index contributed by atoms with van der Waals surface area (Å²) in [5.74, 6) is 0.145. The molecule has 0 spiro atoms. The van der Waals surface area contributed by atoms with Crippen molar-refractivity contribution in [2.24, 2.45) is 0 Å². The highest BCUT2D eigenvalue weighted by atomic mass is 15.2. The molecule has 0 fully saturated rings. The van der Waals surface area contributed by atoms with E-state index in [2.05, 4.69) is 228 Å². The molecular weight excluding hydrogens is 677 g/mol. The fourth-order valence-corrected chi connectivity index (χ4v) is 9.31. The van der Waals surface area contributed by atoms with Gasteiger partial charge in [0.15, 0.2) is 0 Å². The first kappa shape index (κ1) is 32.3. The van der Waals surface area contributed by atoms with Gasteiger partial charge in [0.05, 0.1) is 17.1 Å². The molecule has 2 nitrogen and oxygen atoms in total. The molecule has 2 atom stereocenters. The molecule has 0 saturated heterocycles. The highest BCUT2D eigenvalue weighted by Gasteiger charge is 2.41. The average molecular weight is 715 g/mol. The molecule has 11 rings (SSSR count). The molecule has 264 valence electrons. The number of hydrogen-bond acceptors (Lipinski definition) is 1. The summed E-state index contributed by atoms with van der Waals surface area (Å²) in [6.07, 6.45) is 7.35. The maximum absolute atomic E-state index is 2.58. The third kappa shape index (κ3) is 5.18. The van der Waals surface area contributed by atoms with Crippen molar-refractivity contribution in [2.45, 2.75) is 12.0 Å². The van der Waals surface area contributed by atoms with Gasteiger partial charge >= 0.3 is 0 Å². The summed E-state index contributed by atoms with van der Waals surface area (Å²) in [5, 5.41) is 2.53. The smallest absolute Gasteiger partial charge is 0.0630 e. The van der Waals surface area contributed by atoms with Crippen LogP contribution in [-0.2, 0) is 0 Å². The van der Waals surface area contributed by atoms with Crippen molar-refractivity contribution in [2.75, 3.05) is 4.90 Å². The van der Waals surface area contributed by atoms with Crippen LogP contribution in [0.25, 0.3) is 66.4 Å². The summed E-state index contributed by atoms with van der Waals surface area (Å²) in [6.45, 7) is 0. The second-order valence-electron chi connectivity index (χ2n) is 14.8. The van der Waals surface area contributed by atoms with E-state index in [1.807, 2.05) is 0 Å². The van der Waals surface area contributed by atoms with Gasteiger partial charge in [-0.3, -0.25) is 0 Å². The minimum atomic E-state index is 0.122. The number of aromatic nitrogens is 1. The number of benzene rings is 8. The summed E-state index contributed by atoms with van der Waals surface area (Å²) in [5.41, 5.74) is 17.4. The summed E-state index contributed by atoms with van der Waals surface area (Å²) >= 11 is 0. The zero-order chi connectivity index (χ0) is 37.0. The SMILES string of the molecule is C1=CC2C(C=C1c1ccc3c(c1)c1c(-c4ccccc4)cccc1n3-c1ccccc1)c1c(-c3ccccc3)cccc1N2c1ccccc1-c1ccccc1. The molecule has 0 N–H and O–H groups in total. The average Bonchev–Trinajstić information content (AvgIpc) is 3.80. The lowest BCUT2D eigenvalue weighted by molar-refractivity contribution is 0.748. The summed E-state index contributed by atoms with van der Waals surface area (Å²) < 4.78 is 2.42. The monoisotopic (exact) mass is 714 g/mol. The summed E-state index contributed by atoms with van der Waals surface area (Å²) in [4.78, 5) is 2.58. The van der Waals surface area contributed by atoms with Crippen LogP contribution in [-0.4, -0.2) is 10.6 Å². The molecule has 1 aliphatic carbocycles. The Balaban J connectivity index is 1.11. The molecule has 0 bridgehead atoms. The third-order valence-electron chi connectivity index (χ3n) is 11.7. The Morgan fingerprint density at radius 3 is 1.71 bits per heavy atom. The quantitative estimate of drug-likeness (QED) is 0.166. The number of fused-ring (bicyclic) bond motifs is 6. The Morgan fingerprint density at radius 1 is 0.411 bits per heavy atom. The first-order valence-electron chi connectivity index (χ1n) is 19.5. The van der Waals surface area contributed by atoms with Gasteiger partial charge in [0.1, 0.15) is 0 Å². The Morgan fingerprint density at radius 2 is 0.982 bits per heavy atom. The second kappa shape index (κ2) is 13.3. The molecule has 2 unspecified atom stereocenters. The van der Waals surface area contributed by atoms with Gasteiger partial charge in [-0.2, -0.15) is 0 Å². The van der Waals surface area contributed by atoms with Crippen LogP contribution in [0.5, 0.6) is 0 Å². The predicted octanol–water partition coefficient (Wildman–Crippen LogP) is 14.0. The van der Waals surface area contributed by atoms with E-state index in [0.717, 1.165) is 5.69 Å². The van der Waals surface area contributed by atoms with Gasteiger partial charge in [0, 0.05) is 39.3 Å². The lowest BCUT2D eigenvalue weighted by atomic mass is 9.83. The zero-order valence-electron chi connectivity index (χ0n) is 30.8. The molecule has 2 heterocycles. The van der Waals surface area contributed by atoms with Crippen molar-refractivity contribution >= 4 is 38.8 Å². The van der Waals surface area contributed by atoms with Crippen molar-refractivity contribution in [3.8, 4) is 39.1 Å². The summed E-state index contributed by atoms with van der Waals surface area (Å²) in [7, 11) is 0. The molecule has 0 amide bonds. The van der Waals surface area contributed by atoms with E-state index in [1.54, 1.807) is 0 Å². The Labute approximate surface area is 327 Å². The first-order valence-corrected chi connectivity index (χ1v) is 19.5. The standard InChI is InChI=1S/C54H38N2/c1-5-17-37(18-6-1)43-25-13-14-28-48(43)56-50-34-32-41(36-47(50)54-45(27-16-30-52(54)56)39-21-9-3-10-22-39)40-31-33-49-46(35-40)53-44(38-19-7-2-8-20-38)26-15-29-51(53)55(49)42-23-11-4-12-24-42/h1-36,47,50H.